The van der Waals surface area contributed by atoms with Crippen LogP contribution in [0.2, 0.25) is 0 Å². The minimum Gasteiger partial charge on any atom is -0.338 e. The van der Waals surface area contributed by atoms with Crippen LogP contribution in [0.1, 0.15) is 0 Å². The van der Waals surface area contributed by atoms with Gasteiger partial charge in [0.25, 0.3) is 0 Å². The quantitative estimate of drug-likeness (QED) is 0.426. The van der Waals surface area contributed by atoms with Crippen molar-refractivity contribution in [1.29, 1.82) is 0 Å². The van der Waals surface area contributed by atoms with Crippen LogP contribution in [0, 0.1) is 0 Å². The average molecular weight is 236 g/mol. The normalized spacial score (nSPS) is 23.5. The zero-order chi connectivity index (χ0) is 12.5. The lowest BCUT2D eigenvalue weighted by Crippen LogP contribution is -2.59. The van der Waals surface area contributed by atoms with Crippen LogP contribution in [0.5, 0.6) is 0 Å². The number of hydrazine groups is 1. The highest BCUT2D eigenvalue weighted by Crippen LogP contribution is 2.36. The van der Waals surface area contributed by atoms with Gasteiger partial charge in [-0.15, -0.1) is 0 Å². The minimum absolute atomic E-state index is 0.125. The molecular weight excluding hydrogens is 218 g/mol. The molecule has 0 fully saturated rings. The van der Waals surface area contributed by atoms with E-state index in [2.05, 4.69) is 15.8 Å². The van der Waals surface area contributed by atoms with Gasteiger partial charge < -0.3 is 5.32 Å². The van der Waals surface area contributed by atoms with Gasteiger partial charge in [0.2, 0.25) is 5.69 Å². The third-order valence-electron chi connectivity index (χ3n) is 2.73. The lowest BCUT2D eigenvalue weighted by Gasteiger charge is -2.25. The molecule has 0 radical (unpaired) electrons. The molecule has 0 saturated carbocycles. The van der Waals surface area contributed by atoms with E-state index < -0.39 is 0 Å². The second kappa shape index (κ2) is 4.23. The zero-order valence-corrected chi connectivity index (χ0v) is 10.6. The molecule has 0 saturated heterocycles. The summed E-state index contributed by atoms with van der Waals surface area (Å²) in [6.45, 7) is 0. The SMILES string of the molecule is CN=C(NC)O[N+]1(C)NN(C)c2ccccc21. The van der Waals surface area contributed by atoms with Crippen LogP contribution in [-0.4, -0.2) is 34.2 Å². The van der Waals surface area contributed by atoms with Crippen molar-refractivity contribution in [3.63, 3.8) is 0 Å². The summed E-state index contributed by atoms with van der Waals surface area (Å²) in [7, 11) is 7.34. The van der Waals surface area contributed by atoms with Crippen molar-refractivity contribution >= 4 is 17.4 Å². The lowest BCUT2D eigenvalue weighted by molar-refractivity contribution is -0.0791. The highest BCUT2D eigenvalue weighted by atomic mass is 16.8. The van der Waals surface area contributed by atoms with Crippen LogP contribution in [0.15, 0.2) is 29.3 Å². The summed E-state index contributed by atoms with van der Waals surface area (Å²) in [4.78, 5) is 9.84. The van der Waals surface area contributed by atoms with Crippen molar-refractivity contribution in [1.82, 2.24) is 15.6 Å². The number of benzene rings is 1. The summed E-state index contributed by atoms with van der Waals surface area (Å²) < 4.78 is 0.125. The van der Waals surface area contributed by atoms with E-state index in [1.807, 2.05) is 43.4 Å². The first-order valence-corrected chi connectivity index (χ1v) is 5.42. The molecule has 1 aliphatic rings. The summed E-state index contributed by atoms with van der Waals surface area (Å²) >= 11 is 0. The summed E-state index contributed by atoms with van der Waals surface area (Å²) in [5.41, 5.74) is 5.34. The van der Waals surface area contributed by atoms with Gasteiger partial charge in [0.05, 0.1) is 0 Å². The monoisotopic (exact) mass is 236 g/mol. The predicted molar refractivity (Wildman–Crippen MR) is 69.2 cm³/mol. The number of para-hydroxylation sites is 2. The van der Waals surface area contributed by atoms with E-state index >= 15 is 0 Å². The van der Waals surface area contributed by atoms with Gasteiger partial charge in [0.15, 0.2) is 0 Å². The third-order valence-corrected chi connectivity index (χ3v) is 2.73. The molecule has 1 aromatic carbocycles. The van der Waals surface area contributed by atoms with Gasteiger partial charge in [-0.25, -0.2) is 9.83 Å². The minimum atomic E-state index is 0.125. The van der Waals surface area contributed by atoms with E-state index in [4.69, 9.17) is 4.84 Å². The van der Waals surface area contributed by atoms with Gasteiger partial charge in [0, 0.05) is 27.2 Å². The molecule has 6 heteroatoms. The van der Waals surface area contributed by atoms with E-state index in [1.165, 1.54) is 0 Å². The number of hydrogen-bond donors (Lipinski definition) is 2. The van der Waals surface area contributed by atoms with E-state index in [0.717, 1.165) is 11.4 Å². The smallest absolute Gasteiger partial charge is 0.338 e. The van der Waals surface area contributed by atoms with E-state index in [-0.39, 0.29) is 4.76 Å². The van der Waals surface area contributed by atoms with Crippen molar-refractivity contribution in [2.45, 2.75) is 0 Å². The van der Waals surface area contributed by atoms with Crippen LogP contribution < -0.4 is 20.6 Å². The number of amidine groups is 1. The number of hydrogen-bond acceptors (Lipinski definition) is 4. The molecule has 1 heterocycles. The Morgan fingerprint density at radius 2 is 2.18 bits per heavy atom. The number of fused-ring (bicyclic) bond motifs is 1. The van der Waals surface area contributed by atoms with Crippen LogP contribution in [-0.2, 0) is 4.84 Å². The molecule has 0 amide bonds. The fraction of sp³-hybridized carbons (Fsp3) is 0.364. The third kappa shape index (κ3) is 1.92. The number of nitrogens with one attached hydrogen (secondary N) is 2. The number of hydroxylamine groups is 1. The molecule has 0 aliphatic carbocycles. The summed E-state index contributed by atoms with van der Waals surface area (Å²) in [6, 6.07) is 8.53. The van der Waals surface area contributed by atoms with Crippen LogP contribution in [0.25, 0.3) is 0 Å². The topological polar surface area (TPSA) is 48.9 Å². The Morgan fingerprint density at radius 1 is 1.47 bits per heavy atom. The Bertz CT molecular complexity index is 447. The highest BCUT2D eigenvalue weighted by Gasteiger charge is 2.42. The maximum absolute atomic E-state index is 5.82. The van der Waals surface area contributed by atoms with Gasteiger partial charge in [0.1, 0.15) is 12.7 Å². The highest BCUT2D eigenvalue weighted by molar-refractivity contribution is 5.76. The Balaban J connectivity index is 2.35. The first-order chi connectivity index (χ1) is 8.10. The second-order valence-corrected chi connectivity index (χ2v) is 3.94. The zero-order valence-electron chi connectivity index (χ0n) is 10.6. The predicted octanol–water partition coefficient (Wildman–Crippen LogP) is 0.630. The average Bonchev–Trinajstić information content (AvgIpc) is 2.60. The maximum Gasteiger partial charge on any atom is 0.351 e. The Hall–Kier alpha value is -1.79. The largest absolute Gasteiger partial charge is 0.351 e. The summed E-state index contributed by atoms with van der Waals surface area (Å²) in [5.74, 6) is 0. The number of anilines is 1. The van der Waals surface area contributed by atoms with Crippen molar-refractivity contribution in [3.05, 3.63) is 24.3 Å². The number of rotatable bonds is 1. The van der Waals surface area contributed by atoms with Crippen LogP contribution in [0.3, 0.4) is 0 Å². The molecule has 2 rings (SSSR count). The van der Waals surface area contributed by atoms with E-state index in [9.17, 15) is 0 Å². The second-order valence-electron chi connectivity index (χ2n) is 3.94. The molecule has 2 N–H and O–H groups in total. The van der Waals surface area contributed by atoms with Crippen LogP contribution >= 0.6 is 0 Å². The Kier molecular flexibility index (Phi) is 2.91. The molecule has 1 aliphatic heterocycles. The molecule has 1 aromatic rings. The van der Waals surface area contributed by atoms with Crippen molar-refractivity contribution < 1.29 is 4.84 Å². The summed E-state index contributed by atoms with van der Waals surface area (Å²) in [6.07, 6.45) is 0. The van der Waals surface area contributed by atoms with E-state index in [0.29, 0.717) is 6.02 Å². The van der Waals surface area contributed by atoms with Gasteiger partial charge in [-0.3, -0.25) is 5.01 Å². The van der Waals surface area contributed by atoms with Gasteiger partial charge in [-0.05, 0) is 16.4 Å². The first kappa shape index (κ1) is 11.7. The number of nitrogens with zero attached hydrogens (tertiary/aromatic N) is 3. The molecule has 6 nitrogen and oxygen atoms in total. The Morgan fingerprint density at radius 3 is 2.82 bits per heavy atom. The lowest BCUT2D eigenvalue weighted by atomic mass is 10.2. The fourth-order valence-electron chi connectivity index (χ4n) is 1.94. The number of aliphatic imine (C=N–C) groups is 1. The molecule has 0 bridgehead atoms. The van der Waals surface area contributed by atoms with Crippen LogP contribution in [0.4, 0.5) is 11.4 Å². The van der Waals surface area contributed by atoms with Gasteiger partial charge >= 0.3 is 6.02 Å². The molecule has 92 valence electrons. The maximum atomic E-state index is 5.82. The standard InChI is InChI=1S/C11H18N5O/c1-12-11(13-2)17-16(4)10-8-6-5-7-9(10)15(3)14-16/h5-8,14H,1-4H3,(H,12,13)/q+1. The summed E-state index contributed by atoms with van der Waals surface area (Å²) in [5, 5.41) is 4.83. The van der Waals surface area contributed by atoms with Crippen molar-refractivity contribution in [3.8, 4) is 0 Å². The van der Waals surface area contributed by atoms with Gasteiger partial charge in [-0.2, -0.15) is 0 Å². The molecular formula is C11H18N5O+. The number of quaternary nitrogens is 1. The molecule has 0 spiro atoms. The van der Waals surface area contributed by atoms with Gasteiger partial charge in [-0.1, -0.05) is 12.1 Å². The first-order valence-electron chi connectivity index (χ1n) is 5.42. The van der Waals surface area contributed by atoms with Crippen molar-refractivity contribution in [2.24, 2.45) is 4.99 Å². The van der Waals surface area contributed by atoms with E-state index in [1.54, 1.807) is 14.1 Å². The molecule has 0 aromatic heterocycles. The molecule has 1 atom stereocenters. The fourth-order valence-corrected chi connectivity index (χ4v) is 1.94. The molecule has 17 heavy (non-hydrogen) atoms. The Labute approximate surface area is 101 Å². The van der Waals surface area contributed by atoms with Crippen molar-refractivity contribution in [2.75, 3.05) is 33.2 Å². The molecule has 1 unspecified atom stereocenters.